The normalized spacial score (nSPS) is 24.7. The number of hydrogen-bond acceptors (Lipinski definition) is 5. The van der Waals surface area contributed by atoms with Crippen LogP contribution in [0.1, 0.15) is 41.4 Å². The van der Waals surface area contributed by atoms with Crippen molar-refractivity contribution in [2.45, 2.75) is 44.2 Å². The Bertz CT molecular complexity index is 954. The van der Waals surface area contributed by atoms with Gasteiger partial charge in [-0.05, 0) is 38.3 Å². The molecule has 3 aliphatic carbocycles. The number of carbonyl (C=O) groups excluding carboxylic acids is 2. The highest BCUT2D eigenvalue weighted by Crippen LogP contribution is 2.60. The molecule has 2 N–H and O–H groups in total. The smallest absolute Gasteiger partial charge is 0.289 e. The molecule has 9 heteroatoms. The third-order valence-corrected chi connectivity index (χ3v) is 5.49. The van der Waals surface area contributed by atoms with E-state index in [4.69, 9.17) is 20.8 Å². The number of ether oxygens (including phenoxy) is 1. The molecule has 1 heterocycles. The third-order valence-electron chi connectivity index (χ3n) is 5.18. The second-order valence-corrected chi connectivity index (χ2v) is 8.01. The van der Waals surface area contributed by atoms with Gasteiger partial charge >= 0.3 is 0 Å². The zero-order valence-electron chi connectivity index (χ0n) is 15.4. The Labute approximate surface area is 165 Å². The maximum absolute atomic E-state index is 13.4. The highest BCUT2D eigenvalue weighted by Gasteiger charge is 2.69. The minimum absolute atomic E-state index is 0.00584. The predicted octanol–water partition coefficient (Wildman–Crippen LogP) is 2.68. The fourth-order valence-corrected chi connectivity index (χ4v) is 4.26. The standard InChI is InChI=1S/C19H19ClFN3O4/c1-10-16(28-11(2)22-10)17(26)24-19-7-18(8-19,9-19)23-15(25)6-27-12-3-4-13(20)14(21)5-12/h3-5H,6-9H2,1-2H3,(H,23,25)(H,24,26). The number of rotatable bonds is 6. The molecule has 2 amide bonds. The van der Waals surface area contributed by atoms with E-state index in [1.54, 1.807) is 13.8 Å². The van der Waals surface area contributed by atoms with E-state index >= 15 is 0 Å². The van der Waals surface area contributed by atoms with E-state index in [1.807, 2.05) is 0 Å². The van der Waals surface area contributed by atoms with Gasteiger partial charge in [0.15, 0.2) is 12.5 Å². The Morgan fingerprint density at radius 1 is 1.25 bits per heavy atom. The summed E-state index contributed by atoms with van der Waals surface area (Å²) >= 11 is 5.61. The molecule has 2 aromatic rings. The Morgan fingerprint density at radius 2 is 1.93 bits per heavy atom. The quantitative estimate of drug-likeness (QED) is 0.767. The predicted molar refractivity (Wildman–Crippen MR) is 97.8 cm³/mol. The van der Waals surface area contributed by atoms with Crippen LogP contribution in [0.4, 0.5) is 4.39 Å². The molecule has 28 heavy (non-hydrogen) atoms. The van der Waals surface area contributed by atoms with Gasteiger partial charge in [0.25, 0.3) is 11.8 Å². The lowest BCUT2D eigenvalue weighted by atomic mass is 9.44. The van der Waals surface area contributed by atoms with Crippen LogP contribution in [-0.4, -0.2) is 34.5 Å². The van der Waals surface area contributed by atoms with Gasteiger partial charge in [-0.2, -0.15) is 0 Å². The zero-order valence-corrected chi connectivity index (χ0v) is 16.2. The lowest BCUT2D eigenvalue weighted by Crippen LogP contribution is -2.84. The summed E-state index contributed by atoms with van der Waals surface area (Å²) in [6.45, 7) is 3.19. The van der Waals surface area contributed by atoms with Crippen LogP contribution < -0.4 is 15.4 Å². The average molecular weight is 408 g/mol. The number of aromatic nitrogens is 1. The van der Waals surface area contributed by atoms with Crippen molar-refractivity contribution < 1.29 is 23.1 Å². The number of aryl methyl sites for hydroxylation is 2. The molecule has 2 bridgehead atoms. The van der Waals surface area contributed by atoms with Gasteiger partial charge in [0.05, 0.1) is 10.7 Å². The van der Waals surface area contributed by atoms with Crippen LogP contribution in [-0.2, 0) is 4.79 Å². The lowest BCUT2D eigenvalue weighted by molar-refractivity contribution is -0.141. The van der Waals surface area contributed by atoms with Crippen molar-refractivity contribution >= 4 is 23.4 Å². The van der Waals surface area contributed by atoms with E-state index in [-0.39, 0.29) is 46.0 Å². The number of halogens is 2. The number of benzene rings is 1. The first-order valence-electron chi connectivity index (χ1n) is 8.85. The number of amides is 2. The summed E-state index contributed by atoms with van der Waals surface area (Å²) in [5.41, 5.74) is -0.0661. The van der Waals surface area contributed by atoms with E-state index in [0.717, 1.165) is 6.07 Å². The molecule has 0 radical (unpaired) electrons. The molecule has 3 fully saturated rings. The lowest BCUT2D eigenvalue weighted by Gasteiger charge is -2.70. The Hall–Kier alpha value is -2.61. The third kappa shape index (κ3) is 3.32. The van der Waals surface area contributed by atoms with Gasteiger partial charge in [-0.3, -0.25) is 9.59 Å². The minimum atomic E-state index is -0.603. The summed E-state index contributed by atoms with van der Waals surface area (Å²) < 4.78 is 24.0. The van der Waals surface area contributed by atoms with Gasteiger partial charge in [0.1, 0.15) is 11.6 Å². The number of nitrogens with one attached hydrogen (secondary N) is 2. The molecule has 148 valence electrons. The van der Waals surface area contributed by atoms with E-state index in [1.165, 1.54) is 12.1 Å². The summed E-state index contributed by atoms with van der Waals surface area (Å²) in [7, 11) is 0. The number of carbonyl (C=O) groups is 2. The van der Waals surface area contributed by atoms with Crippen LogP contribution in [0.3, 0.4) is 0 Å². The molecule has 0 unspecified atom stereocenters. The van der Waals surface area contributed by atoms with Gasteiger partial charge in [-0.25, -0.2) is 9.37 Å². The van der Waals surface area contributed by atoms with Gasteiger partial charge in [-0.15, -0.1) is 0 Å². The summed E-state index contributed by atoms with van der Waals surface area (Å²) in [4.78, 5) is 28.6. The van der Waals surface area contributed by atoms with Gasteiger partial charge in [-0.1, -0.05) is 11.6 Å². The van der Waals surface area contributed by atoms with Crippen molar-refractivity contribution in [3.8, 4) is 5.75 Å². The largest absolute Gasteiger partial charge is 0.484 e. The molecule has 1 aromatic carbocycles. The van der Waals surface area contributed by atoms with E-state index in [0.29, 0.717) is 30.8 Å². The molecular formula is C19H19ClFN3O4. The van der Waals surface area contributed by atoms with Crippen LogP contribution in [0, 0.1) is 19.7 Å². The van der Waals surface area contributed by atoms with Crippen LogP contribution in [0.2, 0.25) is 5.02 Å². The van der Waals surface area contributed by atoms with Crippen LogP contribution in [0.5, 0.6) is 5.75 Å². The van der Waals surface area contributed by atoms with Gasteiger partial charge < -0.3 is 19.8 Å². The SMILES string of the molecule is Cc1nc(C)c(C(=O)NC23CC(NC(=O)COc4ccc(Cl)c(F)c4)(C2)C3)o1. The van der Waals surface area contributed by atoms with Crippen molar-refractivity contribution in [3.05, 3.63) is 46.4 Å². The summed E-state index contributed by atoms with van der Waals surface area (Å²) in [5, 5.41) is 5.92. The molecular weight excluding hydrogens is 389 g/mol. The summed E-state index contributed by atoms with van der Waals surface area (Å²) in [6, 6.07) is 4.00. The summed E-state index contributed by atoms with van der Waals surface area (Å²) in [5.74, 6) is -0.277. The first-order valence-corrected chi connectivity index (χ1v) is 9.23. The second-order valence-electron chi connectivity index (χ2n) is 7.61. The Morgan fingerprint density at radius 3 is 2.54 bits per heavy atom. The van der Waals surface area contributed by atoms with Crippen LogP contribution >= 0.6 is 11.6 Å². The van der Waals surface area contributed by atoms with Crippen LogP contribution in [0.15, 0.2) is 22.6 Å². The maximum atomic E-state index is 13.4. The molecule has 5 rings (SSSR count). The van der Waals surface area contributed by atoms with Gasteiger partial charge in [0.2, 0.25) is 5.76 Å². The highest BCUT2D eigenvalue weighted by atomic mass is 35.5. The molecule has 0 spiro atoms. The van der Waals surface area contributed by atoms with Crippen LogP contribution in [0.25, 0.3) is 0 Å². The minimum Gasteiger partial charge on any atom is -0.484 e. The molecule has 0 aliphatic heterocycles. The second kappa shape index (κ2) is 6.48. The Kier molecular flexibility index (Phi) is 4.33. The average Bonchev–Trinajstić information content (AvgIpc) is 2.91. The topological polar surface area (TPSA) is 93.5 Å². The molecule has 3 aliphatic rings. The number of oxazole rings is 1. The molecule has 7 nitrogen and oxygen atoms in total. The molecule has 1 aromatic heterocycles. The maximum Gasteiger partial charge on any atom is 0.289 e. The molecule has 0 atom stereocenters. The zero-order chi connectivity index (χ0) is 20.1. The van der Waals surface area contributed by atoms with E-state index < -0.39 is 5.82 Å². The monoisotopic (exact) mass is 407 g/mol. The van der Waals surface area contributed by atoms with Crippen molar-refractivity contribution in [1.29, 1.82) is 0 Å². The van der Waals surface area contributed by atoms with Crippen molar-refractivity contribution in [2.75, 3.05) is 6.61 Å². The van der Waals surface area contributed by atoms with Gasteiger partial charge in [0, 0.05) is 24.1 Å². The fraction of sp³-hybridized carbons (Fsp3) is 0.421. The Balaban J connectivity index is 1.25. The molecule has 3 saturated carbocycles. The summed E-state index contributed by atoms with van der Waals surface area (Å²) in [6.07, 6.45) is 1.96. The number of nitrogens with zero attached hydrogens (tertiary/aromatic N) is 1. The first kappa shape index (κ1) is 18.7. The highest BCUT2D eigenvalue weighted by molar-refractivity contribution is 6.30. The van der Waals surface area contributed by atoms with Crippen molar-refractivity contribution in [2.24, 2.45) is 0 Å². The fourth-order valence-electron chi connectivity index (χ4n) is 4.14. The molecule has 0 saturated heterocycles. The van der Waals surface area contributed by atoms with Crippen molar-refractivity contribution in [3.63, 3.8) is 0 Å². The van der Waals surface area contributed by atoms with E-state index in [9.17, 15) is 14.0 Å². The van der Waals surface area contributed by atoms with E-state index in [2.05, 4.69) is 15.6 Å². The van der Waals surface area contributed by atoms with Crippen molar-refractivity contribution in [1.82, 2.24) is 15.6 Å². The number of hydrogen-bond donors (Lipinski definition) is 2. The first-order chi connectivity index (χ1) is 13.2.